The highest BCUT2D eigenvalue weighted by Crippen LogP contribution is 2.23. The van der Waals surface area contributed by atoms with Crippen molar-refractivity contribution in [2.75, 3.05) is 50.7 Å². The minimum atomic E-state index is -0.408. The van der Waals surface area contributed by atoms with Gasteiger partial charge in [-0.25, -0.2) is 4.98 Å². The lowest BCUT2D eigenvalue weighted by Gasteiger charge is -2.41. The van der Waals surface area contributed by atoms with Crippen LogP contribution in [0.5, 0.6) is 0 Å². The van der Waals surface area contributed by atoms with Crippen molar-refractivity contribution < 1.29 is 9.59 Å². The summed E-state index contributed by atoms with van der Waals surface area (Å²) in [6, 6.07) is 11.8. The molecule has 2 aromatic heterocycles. The number of aromatic nitrogens is 2. The molecule has 8 heteroatoms. The molecule has 2 aliphatic heterocycles. The Labute approximate surface area is 199 Å². The maximum Gasteiger partial charge on any atom is 0.248 e. The normalized spacial score (nSPS) is 17.2. The van der Waals surface area contributed by atoms with Crippen LogP contribution in [0.2, 0.25) is 0 Å². The number of piperazine rings is 1. The number of hydrogen-bond donors (Lipinski definition) is 1. The molecule has 2 saturated heterocycles. The molecule has 2 N–H and O–H groups in total. The summed E-state index contributed by atoms with van der Waals surface area (Å²) < 4.78 is 2.19. The van der Waals surface area contributed by atoms with Crippen LogP contribution in [0.1, 0.15) is 22.8 Å². The van der Waals surface area contributed by atoms with E-state index in [4.69, 9.17) is 5.73 Å². The smallest absolute Gasteiger partial charge is 0.248 e. The lowest BCUT2D eigenvalue weighted by atomic mass is 10.00. The van der Waals surface area contributed by atoms with E-state index in [1.807, 2.05) is 23.2 Å². The second-order valence-electron chi connectivity index (χ2n) is 9.41. The minimum Gasteiger partial charge on any atom is -0.366 e. The van der Waals surface area contributed by atoms with E-state index in [0.717, 1.165) is 69.0 Å². The van der Waals surface area contributed by atoms with Gasteiger partial charge in [-0.05, 0) is 41.6 Å². The second kappa shape index (κ2) is 9.46. The van der Waals surface area contributed by atoms with E-state index in [1.54, 1.807) is 6.07 Å². The van der Waals surface area contributed by atoms with E-state index >= 15 is 0 Å². The molecular formula is C26H32N6O2. The first-order valence-electron chi connectivity index (χ1n) is 12.1. The van der Waals surface area contributed by atoms with Gasteiger partial charge in [-0.15, -0.1) is 0 Å². The summed E-state index contributed by atoms with van der Waals surface area (Å²) in [5.41, 5.74) is 8.24. The summed E-state index contributed by atoms with van der Waals surface area (Å²) in [6.07, 6.45) is 5.00. The van der Waals surface area contributed by atoms with Crippen molar-refractivity contribution in [3.8, 4) is 0 Å². The van der Waals surface area contributed by atoms with Crippen molar-refractivity contribution in [1.29, 1.82) is 0 Å². The molecular weight excluding hydrogens is 428 g/mol. The molecule has 8 nitrogen and oxygen atoms in total. The summed E-state index contributed by atoms with van der Waals surface area (Å²) in [7, 11) is 0. The molecule has 0 spiro atoms. The average molecular weight is 461 g/mol. The Morgan fingerprint density at radius 3 is 2.53 bits per heavy atom. The van der Waals surface area contributed by atoms with Gasteiger partial charge in [0, 0.05) is 75.2 Å². The van der Waals surface area contributed by atoms with Crippen LogP contribution in [0.3, 0.4) is 0 Å². The maximum absolute atomic E-state index is 12.8. The van der Waals surface area contributed by atoms with Gasteiger partial charge in [0.25, 0.3) is 0 Å². The molecule has 4 heterocycles. The number of carbonyl (C=O) groups excluding carboxylic acids is 2. The summed E-state index contributed by atoms with van der Waals surface area (Å²) in [6.45, 7) is 8.43. The van der Waals surface area contributed by atoms with Gasteiger partial charge in [0.1, 0.15) is 5.82 Å². The second-order valence-corrected chi connectivity index (χ2v) is 9.41. The highest BCUT2D eigenvalue weighted by Gasteiger charge is 2.31. The van der Waals surface area contributed by atoms with Gasteiger partial charge in [0.05, 0.1) is 6.54 Å². The monoisotopic (exact) mass is 460 g/mol. The molecule has 2 aliphatic rings. The highest BCUT2D eigenvalue weighted by molar-refractivity contribution is 5.97. The van der Waals surface area contributed by atoms with Gasteiger partial charge in [-0.1, -0.05) is 19.1 Å². The first kappa shape index (κ1) is 22.4. The topological polar surface area (TPSA) is 87.7 Å². The Hall–Kier alpha value is -3.39. The number of likely N-dealkylation sites (tertiary alicyclic amines) is 1. The number of aryl methyl sites for hydroxylation is 1. The van der Waals surface area contributed by atoms with Gasteiger partial charge >= 0.3 is 0 Å². The number of amides is 2. The number of pyridine rings is 1. The van der Waals surface area contributed by atoms with E-state index in [2.05, 4.69) is 50.7 Å². The van der Waals surface area contributed by atoms with Crippen LogP contribution in [0.4, 0.5) is 5.82 Å². The SMILES string of the molecule is CCc1ccc(N2CCN(C(=O)CN3CC(Cn4ccc5ccc(C(N)=O)cc54)C3)CC2)nc1. The maximum atomic E-state index is 12.8. The van der Waals surface area contributed by atoms with Crippen molar-refractivity contribution in [3.63, 3.8) is 0 Å². The fraction of sp³-hybridized carbons (Fsp3) is 0.423. The minimum absolute atomic E-state index is 0.213. The number of benzene rings is 1. The molecule has 0 unspecified atom stereocenters. The molecule has 0 saturated carbocycles. The number of anilines is 1. The summed E-state index contributed by atoms with van der Waals surface area (Å²) in [5.74, 6) is 1.30. The number of rotatable bonds is 7. The van der Waals surface area contributed by atoms with E-state index in [9.17, 15) is 9.59 Å². The zero-order valence-electron chi connectivity index (χ0n) is 19.7. The number of nitrogens with two attached hydrogens (primary N) is 1. The predicted octanol–water partition coefficient (Wildman–Crippen LogP) is 1.98. The Morgan fingerprint density at radius 1 is 1.06 bits per heavy atom. The van der Waals surface area contributed by atoms with Crippen LogP contribution in [0, 0.1) is 5.92 Å². The molecule has 0 radical (unpaired) electrons. The van der Waals surface area contributed by atoms with Crippen molar-refractivity contribution >= 4 is 28.5 Å². The van der Waals surface area contributed by atoms with Gasteiger partial charge < -0.3 is 20.1 Å². The zero-order valence-corrected chi connectivity index (χ0v) is 19.7. The van der Waals surface area contributed by atoms with Gasteiger partial charge in [0.15, 0.2) is 0 Å². The van der Waals surface area contributed by atoms with E-state index in [0.29, 0.717) is 18.0 Å². The Bertz CT molecular complexity index is 1170. The molecule has 0 aliphatic carbocycles. The summed E-state index contributed by atoms with van der Waals surface area (Å²) in [5, 5.41) is 1.10. The van der Waals surface area contributed by atoms with Crippen LogP contribution >= 0.6 is 0 Å². The molecule has 2 fully saturated rings. The van der Waals surface area contributed by atoms with E-state index in [-0.39, 0.29) is 5.91 Å². The van der Waals surface area contributed by atoms with Crippen molar-refractivity contribution in [2.24, 2.45) is 11.7 Å². The fourth-order valence-electron chi connectivity index (χ4n) is 4.99. The molecule has 5 rings (SSSR count). The number of carbonyl (C=O) groups is 2. The zero-order chi connectivity index (χ0) is 23.7. The standard InChI is InChI=1S/C26H32N6O2/c1-2-19-3-6-24(28-14-19)30-9-11-31(12-10-30)25(33)18-29-15-20(16-29)17-32-8-7-21-4-5-22(26(27)34)13-23(21)32/h3-8,13-14,20H,2,9-12,15-18H2,1H3,(H2,27,34). The largest absolute Gasteiger partial charge is 0.366 e. The third-order valence-corrected chi connectivity index (χ3v) is 7.08. The molecule has 2 amide bonds. The Kier molecular flexibility index (Phi) is 6.24. The third-order valence-electron chi connectivity index (χ3n) is 7.08. The summed E-state index contributed by atoms with van der Waals surface area (Å²) in [4.78, 5) is 35.4. The van der Waals surface area contributed by atoms with Crippen molar-refractivity contribution in [3.05, 3.63) is 59.9 Å². The molecule has 1 aromatic carbocycles. The van der Waals surface area contributed by atoms with E-state index in [1.165, 1.54) is 5.56 Å². The van der Waals surface area contributed by atoms with Crippen LogP contribution in [-0.4, -0.2) is 77.0 Å². The number of fused-ring (bicyclic) bond motifs is 1. The molecule has 178 valence electrons. The average Bonchev–Trinajstić information content (AvgIpc) is 3.24. The van der Waals surface area contributed by atoms with Gasteiger partial charge in [-0.2, -0.15) is 0 Å². The Morgan fingerprint density at radius 2 is 1.85 bits per heavy atom. The van der Waals surface area contributed by atoms with Crippen LogP contribution in [0.25, 0.3) is 10.9 Å². The molecule has 0 atom stereocenters. The summed E-state index contributed by atoms with van der Waals surface area (Å²) >= 11 is 0. The molecule has 34 heavy (non-hydrogen) atoms. The van der Waals surface area contributed by atoms with Crippen LogP contribution in [-0.2, 0) is 17.8 Å². The molecule has 0 bridgehead atoms. The van der Waals surface area contributed by atoms with E-state index < -0.39 is 5.91 Å². The fourth-order valence-corrected chi connectivity index (χ4v) is 4.99. The van der Waals surface area contributed by atoms with Crippen LogP contribution in [0.15, 0.2) is 48.8 Å². The first-order valence-corrected chi connectivity index (χ1v) is 12.1. The number of primary amides is 1. The number of nitrogens with zero attached hydrogens (tertiary/aromatic N) is 5. The lowest BCUT2D eigenvalue weighted by Crippen LogP contribution is -2.55. The van der Waals surface area contributed by atoms with Gasteiger partial charge in [-0.3, -0.25) is 14.5 Å². The van der Waals surface area contributed by atoms with Gasteiger partial charge in [0.2, 0.25) is 11.8 Å². The van der Waals surface area contributed by atoms with Crippen LogP contribution < -0.4 is 10.6 Å². The van der Waals surface area contributed by atoms with Crippen molar-refractivity contribution in [2.45, 2.75) is 19.9 Å². The molecule has 3 aromatic rings. The third kappa shape index (κ3) is 4.63. The highest BCUT2D eigenvalue weighted by atomic mass is 16.2. The number of hydrogen-bond acceptors (Lipinski definition) is 5. The first-order chi connectivity index (χ1) is 16.5. The Balaban J connectivity index is 1.08. The predicted molar refractivity (Wildman–Crippen MR) is 133 cm³/mol. The van der Waals surface area contributed by atoms with Crippen molar-refractivity contribution in [1.82, 2.24) is 19.4 Å². The quantitative estimate of drug-likeness (QED) is 0.583. The lowest BCUT2D eigenvalue weighted by molar-refractivity contribution is -0.134.